The van der Waals surface area contributed by atoms with E-state index in [4.69, 9.17) is 4.74 Å². The number of H-pyrrole nitrogens is 1. The third-order valence-electron chi connectivity index (χ3n) is 6.02. The maximum Gasteiger partial charge on any atom is 0.417 e. The lowest BCUT2D eigenvalue weighted by atomic mass is 10.1. The molecule has 34 heavy (non-hydrogen) atoms. The molecule has 1 saturated heterocycles. The van der Waals surface area contributed by atoms with E-state index in [2.05, 4.69) is 17.2 Å². The smallest absolute Gasteiger partial charge is 0.417 e. The van der Waals surface area contributed by atoms with Gasteiger partial charge in [0.15, 0.2) is 0 Å². The van der Waals surface area contributed by atoms with E-state index in [0.717, 1.165) is 31.2 Å². The number of nitrogens with zero attached hydrogens (tertiary/aromatic N) is 1. The number of halogens is 3. The zero-order chi connectivity index (χ0) is 24.3. The number of benzene rings is 2. The first-order chi connectivity index (χ1) is 16.3. The van der Waals surface area contributed by atoms with Crippen molar-refractivity contribution in [1.29, 1.82) is 0 Å². The molecule has 0 radical (unpaired) electrons. The molecule has 0 bridgehead atoms. The molecule has 6 nitrogen and oxygen atoms in total. The van der Waals surface area contributed by atoms with Gasteiger partial charge in [0, 0.05) is 34.9 Å². The first-order valence-electron chi connectivity index (χ1n) is 11.3. The summed E-state index contributed by atoms with van der Waals surface area (Å²) in [5.41, 5.74) is 0.683. The second kappa shape index (κ2) is 9.79. The van der Waals surface area contributed by atoms with Crippen LogP contribution in [0.25, 0.3) is 10.9 Å². The number of rotatable bonds is 6. The van der Waals surface area contributed by atoms with Crippen molar-refractivity contribution >= 4 is 28.4 Å². The van der Waals surface area contributed by atoms with Gasteiger partial charge in [-0.2, -0.15) is 13.2 Å². The normalized spacial score (nSPS) is 16.1. The minimum Gasteiger partial charge on any atom is -0.447 e. The molecule has 1 aliphatic heterocycles. The molecule has 1 aromatic heterocycles. The Hall–Kier alpha value is -3.49. The largest absolute Gasteiger partial charge is 0.447 e. The summed E-state index contributed by atoms with van der Waals surface area (Å²) in [5.74, 6) is 0. The van der Waals surface area contributed by atoms with Crippen LogP contribution < -0.4 is 15.8 Å². The lowest BCUT2D eigenvalue weighted by molar-refractivity contribution is -0.136. The SMILES string of the molecule is CCCc1ccccc1NC(=O)OC[C@H]1CCCN1c1ccc2[nH]c(=O)cc(C(F)(F)F)c2c1. The van der Waals surface area contributed by atoms with Crippen molar-refractivity contribution < 1.29 is 22.7 Å². The highest BCUT2D eigenvalue weighted by Crippen LogP contribution is 2.36. The predicted molar refractivity (Wildman–Crippen MR) is 125 cm³/mol. The van der Waals surface area contributed by atoms with Crippen LogP contribution in [0.5, 0.6) is 0 Å². The summed E-state index contributed by atoms with van der Waals surface area (Å²) in [6.07, 6.45) is -1.86. The fraction of sp³-hybridized carbons (Fsp3) is 0.360. The Morgan fingerprint density at radius 3 is 2.76 bits per heavy atom. The molecular weight excluding hydrogens is 447 g/mol. The number of carbonyl (C=O) groups is 1. The zero-order valence-electron chi connectivity index (χ0n) is 18.7. The summed E-state index contributed by atoms with van der Waals surface area (Å²) in [7, 11) is 0. The molecule has 4 rings (SSSR count). The van der Waals surface area contributed by atoms with E-state index in [1.54, 1.807) is 6.07 Å². The molecule has 0 spiro atoms. The lowest BCUT2D eigenvalue weighted by Gasteiger charge is -2.27. The average molecular weight is 473 g/mol. The Labute approximate surface area is 194 Å². The topological polar surface area (TPSA) is 74.4 Å². The number of aromatic amines is 1. The van der Waals surface area contributed by atoms with Gasteiger partial charge in [-0.15, -0.1) is 0 Å². The molecule has 0 aliphatic carbocycles. The third-order valence-corrected chi connectivity index (χ3v) is 6.02. The van der Waals surface area contributed by atoms with Crippen LogP contribution in [0.4, 0.5) is 29.3 Å². The summed E-state index contributed by atoms with van der Waals surface area (Å²) in [6.45, 7) is 2.80. The highest BCUT2D eigenvalue weighted by molar-refractivity contribution is 5.87. The van der Waals surface area contributed by atoms with E-state index in [9.17, 15) is 22.8 Å². The molecule has 2 aromatic carbocycles. The van der Waals surface area contributed by atoms with Crippen molar-refractivity contribution in [2.75, 3.05) is 23.4 Å². The number of ether oxygens (including phenoxy) is 1. The van der Waals surface area contributed by atoms with Crippen molar-refractivity contribution in [1.82, 2.24) is 4.98 Å². The van der Waals surface area contributed by atoms with Gasteiger partial charge in [-0.3, -0.25) is 10.1 Å². The standard InChI is InChI=1S/C25H26F3N3O3/c1-2-6-16-7-3-4-9-21(16)30-24(33)34-15-18-8-5-12-31(18)17-10-11-22-19(13-17)20(25(26,27)28)14-23(32)29-22/h3-4,7,9-11,13-14,18H,2,5-6,8,12,15H2,1H3,(H,29,32)(H,30,33)/t18-/m1/s1. The quantitative estimate of drug-likeness (QED) is 0.481. The van der Waals surface area contributed by atoms with Gasteiger partial charge in [0.1, 0.15) is 6.61 Å². The zero-order valence-corrected chi connectivity index (χ0v) is 18.7. The third kappa shape index (κ3) is 5.18. The van der Waals surface area contributed by atoms with Crippen LogP contribution in [0, 0.1) is 0 Å². The first kappa shape index (κ1) is 23.7. The van der Waals surface area contributed by atoms with Crippen LogP contribution in [-0.4, -0.2) is 30.3 Å². The van der Waals surface area contributed by atoms with Crippen molar-refractivity contribution in [3.63, 3.8) is 0 Å². The number of amides is 1. The second-order valence-electron chi connectivity index (χ2n) is 8.39. The van der Waals surface area contributed by atoms with Crippen LogP contribution in [0.1, 0.15) is 37.3 Å². The van der Waals surface area contributed by atoms with Gasteiger partial charge >= 0.3 is 12.3 Å². The van der Waals surface area contributed by atoms with Gasteiger partial charge in [-0.05, 0) is 49.1 Å². The number of pyridine rings is 1. The molecule has 1 amide bonds. The van der Waals surface area contributed by atoms with Gasteiger partial charge in [-0.25, -0.2) is 4.79 Å². The summed E-state index contributed by atoms with van der Waals surface area (Å²) in [6, 6.07) is 12.6. The van der Waals surface area contributed by atoms with Crippen molar-refractivity contribution in [3.8, 4) is 0 Å². The Morgan fingerprint density at radius 2 is 2.00 bits per heavy atom. The van der Waals surface area contributed by atoms with E-state index in [-0.39, 0.29) is 23.6 Å². The Balaban J connectivity index is 1.49. The Kier molecular flexibility index (Phi) is 6.81. The van der Waals surface area contributed by atoms with Crippen LogP contribution in [0.15, 0.2) is 53.3 Å². The molecule has 0 saturated carbocycles. The molecule has 9 heteroatoms. The minimum atomic E-state index is -4.65. The van der Waals surface area contributed by atoms with Gasteiger partial charge in [0.05, 0.1) is 11.6 Å². The van der Waals surface area contributed by atoms with Crippen LogP contribution in [-0.2, 0) is 17.3 Å². The number of anilines is 2. The maximum atomic E-state index is 13.5. The van der Waals surface area contributed by atoms with Gasteiger partial charge < -0.3 is 14.6 Å². The fourth-order valence-electron chi connectivity index (χ4n) is 4.45. The molecule has 2 N–H and O–H groups in total. The number of carbonyl (C=O) groups excluding carboxylic acids is 1. The first-order valence-corrected chi connectivity index (χ1v) is 11.3. The fourth-order valence-corrected chi connectivity index (χ4v) is 4.45. The molecule has 1 aliphatic rings. The van der Waals surface area contributed by atoms with E-state index in [1.165, 1.54) is 12.1 Å². The number of nitrogens with one attached hydrogen (secondary N) is 2. The maximum absolute atomic E-state index is 13.5. The summed E-state index contributed by atoms with van der Waals surface area (Å²) >= 11 is 0. The monoisotopic (exact) mass is 473 g/mol. The van der Waals surface area contributed by atoms with E-state index in [1.807, 2.05) is 29.2 Å². The van der Waals surface area contributed by atoms with Crippen molar-refractivity contribution in [3.05, 3.63) is 70.0 Å². The molecule has 3 aromatic rings. The van der Waals surface area contributed by atoms with Gasteiger partial charge in [0.25, 0.3) is 0 Å². The number of aromatic nitrogens is 1. The Bertz CT molecular complexity index is 1240. The van der Waals surface area contributed by atoms with Gasteiger partial charge in [-0.1, -0.05) is 31.5 Å². The predicted octanol–water partition coefficient (Wildman–Crippen LogP) is 5.72. The number of aryl methyl sites for hydroxylation is 1. The van der Waals surface area contributed by atoms with E-state index < -0.39 is 23.4 Å². The lowest BCUT2D eigenvalue weighted by Crippen LogP contribution is -2.34. The number of para-hydroxylation sites is 1. The molecule has 180 valence electrons. The molecular formula is C25H26F3N3O3. The summed E-state index contributed by atoms with van der Waals surface area (Å²) in [4.78, 5) is 28.5. The molecule has 2 heterocycles. The van der Waals surface area contributed by atoms with Crippen LogP contribution in [0.3, 0.4) is 0 Å². The summed E-state index contributed by atoms with van der Waals surface area (Å²) < 4.78 is 46.0. The highest BCUT2D eigenvalue weighted by atomic mass is 19.4. The van der Waals surface area contributed by atoms with Crippen molar-refractivity contribution in [2.45, 2.75) is 44.8 Å². The number of alkyl halides is 3. The molecule has 1 fully saturated rings. The molecule has 1 atom stereocenters. The average Bonchev–Trinajstić information content (AvgIpc) is 3.26. The van der Waals surface area contributed by atoms with Crippen LogP contribution in [0.2, 0.25) is 0 Å². The summed E-state index contributed by atoms with van der Waals surface area (Å²) in [5, 5.41) is 2.72. The number of hydrogen-bond donors (Lipinski definition) is 2. The number of hydrogen-bond acceptors (Lipinski definition) is 4. The van der Waals surface area contributed by atoms with Gasteiger partial charge in [0.2, 0.25) is 5.56 Å². The van der Waals surface area contributed by atoms with E-state index >= 15 is 0 Å². The minimum absolute atomic E-state index is 0.0681. The highest BCUT2D eigenvalue weighted by Gasteiger charge is 2.34. The van der Waals surface area contributed by atoms with E-state index in [0.29, 0.717) is 24.0 Å². The van der Waals surface area contributed by atoms with Crippen molar-refractivity contribution in [2.24, 2.45) is 0 Å². The van der Waals surface area contributed by atoms with Crippen LogP contribution >= 0.6 is 0 Å². The Morgan fingerprint density at radius 1 is 1.21 bits per heavy atom. The molecule has 0 unspecified atom stereocenters. The number of fused-ring (bicyclic) bond motifs is 1. The second-order valence-corrected chi connectivity index (χ2v) is 8.39.